The molecular weight excluding hydrogens is 262 g/mol. The Morgan fingerprint density at radius 2 is 1.95 bits per heavy atom. The van der Waals surface area contributed by atoms with E-state index in [2.05, 4.69) is 10.2 Å². The first-order valence-corrected chi connectivity index (χ1v) is 7.00. The lowest BCUT2D eigenvalue weighted by Crippen LogP contribution is -2.04. The van der Waals surface area contributed by atoms with Gasteiger partial charge in [-0.2, -0.15) is 0 Å². The van der Waals surface area contributed by atoms with Crippen molar-refractivity contribution in [2.45, 2.75) is 38.0 Å². The van der Waals surface area contributed by atoms with Crippen molar-refractivity contribution in [3.63, 3.8) is 0 Å². The summed E-state index contributed by atoms with van der Waals surface area (Å²) in [6.45, 7) is 0. The molecule has 1 aromatic carbocycles. The van der Waals surface area contributed by atoms with E-state index in [1.165, 1.54) is 19.3 Å². The van der Waals surface area contributed by atoms with Gasteiger partial charge in [0.25, 0.3) is 0 Å². The van der Waals surface area contributed by atoms with E-state index in [-0.39, 0.29) is 0 Å². The van der Waals surface area contributed by atoms with Gasteiger partial charge in [-0.15, -0.1) is 10.2 Å². The van der Waals surface area contributed by atoms with E-state index >= 15 is 0 Å². The maximum atomic E-state index is 5.93. The highest BCUT2D eigenvalue weighted by Gasteiger charge is 2.22. The summed E-state index contributed by atoms with van der Waals surface area (Å²) in [6, 6.07) is 5.29. The standard InChI is InChI=1S/C14H16ClN3O/c15-10-6-7-11(12(16)8-10)14-18-17-13(19-14)9-4-2-1-3-5-9/h6-9H,1-5,16H2. The highest BCUT2D eigenvalue weighted by molar-refractivity contribution is 6.31. The maximum Gasteiger partial charge on any atom is 0.249 e. The molecule has 2 N–H and O–H groups in total. The van der Waals surface area contributed by atoms with Gasteiger partial charge in [0, 0.05) is 16.6 Å². The molecule has 1 saturated carbocycles. The van der Waals surface area contributed by atoms with Crippen molar-refractivity contribution in [3.8, 4) is 11.5 Å². The van der Waals surface area contributed by atoms with E-state index in [1.807, 2.05) is 6.07 Å². The topological polar surface area (TPSA) is 64.9 Å². The molecule has 1 aliphatic carbocycles. The van der Waals surface area contributed by atoms with E-state index in [1.54, 1.807) is 12.1 Å². The van der Waals surface area contributed by atoms with Crippen LogP contribution in [0.3, 0.4) is 0 Å². The van der Waals surface area contributed by atoms with E-state index in [9.17, 15) is 0 Å². The zero-order chi connectivity index (χ0) is 13.2. The Bertz CT molecular complexity index is 576. The first kappa shape index (κ1) is 12.5. The van der Waals surface area contributed by atoms with Gasteiger partial charge in [0.2, 0.25) is 11.8 Å². The molecule has 0 amide bonds. The molecule has 0 unspecified atom stereocenters. The van der Waals surface area contributed by atoms with Crippen LogP contribution in [-0.2, 0) is 0 Å². The summed E-state index contributed by atoms with van der Waals surface area (Å²) in [4.78, 5) is 0. The lowest BCUT2D eigenvalue weighted by Gasteiger charge is -2.17. The van der Waals surface area contributed by atoms with Crippen LogP contribution in [0.25, 0.3) is 11.5 Å². The maximum absolute atomic E-state index is 5.93. The lowest BCUT2D eigenvalue weighted by atomic mass is 9.89. The van der Waals surface area contributed by atoms with Crippen LogP contribution in [0, 0.1) is 0 Å². The van der Waals surface area contributed by atoms with Crippen molar-refractivity contribution in [2.24, 2.45) is 0 Å². The number of nitrogens with two attached hydrogens (primary N) is 1. The molecule has 100 valence electrons. The smallest absolute Gasteiger partial charge is 0.249 e. The summed E-state index contributed by atoms with van der Waals surface area (Å²) in [5.41, 5.74) is 7.24. The molecule has 0 saturated heterocycles. The third-order valence-corrected chi connectivity index (χ3v) is 3.87. The average Bonchev–Trinajstić information content (AvgIpc) is 2.89. The fourth-order valence-electron chi connectivity index (χ4n) is 2.59. The molecule has 1 aliphatic rings. The fraction of sp³-hybridized carbons (Fsp3) is 0.429. The van der Waals surface area contributed by atoms with Crippen molar-refractivity contribution in [1.29, 1.82) is 0 Å². The average molecular weight is 278 g/mol. The molecule has 2 aromatic rings. The number of hydrogen-bond donors (Lipinski definition) is 1. The summed E-state index contributed by atoms with van der Waals surface area (Å²) >= 11 is 5.88. The second-order valence-corrected chi connectivity index (χ2v) is 5.45. The number of nitrogen functional groups attached to an aromatic ring is 1. The molecule has 0 radical (unpaired) electrons. The molecule has 0 aliphatic heterocycles. The van der Waals surface area contributed by atoms with Gasteiger partial charge in [-0.1, -0.05) is 30.9 Å². The molecule has 0 bridgehead atoms. The highest BCUT2D eigenvalue weighted by atomic mass is 35.5. The summed E-state index contributed by atoms with van der Waals surface area (Å²) in [5, 5.41) is 8.89. The molecule has 1 heterocycles. The van der Waals surface area contributed by atoms with Crippen molar-refractivity contribution in [3.05, 3.63) is 29.1 Å². The van der Waals surface area contributed by atoms with Crippen molar-refractivity contribution >= 4 is 17.3 Å². The van der Waals surface area contributed by atoms with Crippen LogP contribution in [0.1, 0.15) is 43.9 Å². The van der Waals surface area contributed by atoms with E-state index in [0.717, 1.165) is 24.3 Å². The fourth-order valence-corrected chi connectivity index (χ4v) is 2.77. The third kappa shape index (κ3) is 2.59. The Kier molecular flexibility index (Phi) is 3.42. The monoisotopic (exact) mass is 277 g/mol. The van der Waals surface area contributed by atoms with Crippen LogP contribution in [0.5, 0.6) is 0 Å². The molecule has 19 heavy (non-hydrogen) atoms. The van der Waals surface area contributed by atoms with Crippen LogP contribution >= 0.6 is 11.6 Å². The van der Waals surface area contributed by atoms with Gasteiger partial charge in [0.15, 0.2) is 0 Å². The van der Waals surface area contributed by atoms with Gasteiger partial charge < -0.3 is 10.2 Å². The summed E-state index contributed by atoms with van der Waals surface area (Å²) in [6.07, 6.45) is 6.06. The van der Waals surface area contributed by atoms with E-state index in [0.29, 0.717) is 22.5 Å². The van der Waals surface area contributed by atoms with Crippen LogP contribution in [0.15, 0.2) is 22.6 Å². The van der Waals surface area contributed by atoms with Crippen molar-refractivity contribution < 1.29 is 4.42 Å². The molecular formula is C14H16ClN3O. The molecule has 4 nitrogen and oxygen atoms in total. The Labute approximate surface area is 117 Å². The van der Waals surface area contributed by atoms with Crippen LogP contribution in [0.2, 0.25) is 5.02 Å². The minimum Gasteiger partial charge on any atom is -0.420 e. The number of aromatic nitrogens is 2. The molecule has 5 heteroatoms. The molecule has 1 fully saturated rings. The van der Waals surface area contributed by atoms with Gasteiger partial charge in [0.1, 0.15) is 0 Å². The van der Waals surface area contributed by atoms with Crippen molar-refractivity contribution in [1.82, 2.24) is 10.2 Å². The SMILES string of the molecule is Nc1cc(Cl)ccc1-c1nnc(C2CCCCC2)o1. The Morgan fingerprint density at radius 3 is 2.68 bits per heavy atom. The lowest BCUT2D eigenvalue weighted by molar-refractivity contribution is 0.367. The number of benzene rings is 1. The number of anilines is 1. The number of rotatable bonds is 2. The summed E-state index contributed by atoms with van der Waals surface area (Å²) in [7, 11) is 0. The van der Waals surface area contributed by atoms with Gasteiger partial charge in [-0.3, -0.25) is 0 Å². The van der Waals surface area contributed by atoms with Crippen molar-refractivity contribution in [2.75, 3.05) is 5.73 Å². The van der Waals surface area contributed by atoms with Gasteiger partial charge in [-0.05, 0) is 31.0 Å². The largest absolute Gasteiger partial charge is 0.420 e. The predicted molar refractivity (Wildman–Crippen MR) is 75.0 cm³/mol. The predicted octanol–water partition coefficient (Wildman–Crippen LogP) is 4.02. The first-order valence-electron chi connectivity index (χ1n) is 6.63. The molecule has 3 rings (SSSR count). The van der Waals surface area contributed by atoms with E-state index in [4.69, 9.17) is 21.8 Å². The van der Waals surface area contributed by atoms with Gasteiger partial charge in [-0.25, -0.2) is 0 Å². The normalized spacial score (nSPS) is 16.7. The van der Waals surface area contributed by atoms with Gasteiger partial charge in [0.05, 0.1) is 5.56 Å². The van der Waals surface area contributed by atoms with Crippen LogP contribution < -0.4 is 5.73 Å². The minimum absolute atomic E-state index is 0.406. The van der Waals surface area contributed by atoms with E-state index < -0.39 is 0 Å². The Balaban J connectivity index is 1.87. The Hall–Kier alpha value is -1.55. The second kappa shape index (κ2) is 5.21. The quantitative estimate of drug-likeness (QED) is 0.842. The third-order valence-electron chi connectivity index (χ3n) is 3.64. The molecule has 0 spiro atoms. The summed E-state index contributed by atoms with van der Waals surface area (Å²) in [5.74, 6) is 1.63. The number of halogens is 1. The van der Waals surface area contributed by atoms with Crippen LogP contribution in [0.4, 0.5) is 5.69 Å². The highest BCUT2D eigenvalue weighted by Crippen LogP contribution is 2.34. The molecule has 0 atom stereocenters. The summed E-state index contributed by atoms with van der Waals surface area (Å²) < 4.78 is 5.78. The first-order chi connectivity index (χ1) is 9.24. The second-order valence-electron chi connectivity index (χ2n) is 5.01. The molecule has 1 aromatic heterocycles. The minimum atomic E-state index is 0.406. The van der Waals surface area contributed by atoms with Crippen LogP contribution in [-0.4, -0.2) is 10.2 Å². The Morgan fingerprint density at radius 1 is 1.16 bits per heavy atom. The number of nitrogens with zero attached hydrogens (tertiary/aromatic N) is 2. The zero-order valence-electron chi connectivity index (χ0n) is 10.6. The van der Waals surface area contributed by atoms with Gasteiger partial charge >= 0.3 is 0 Å². The number of hydrogen-bond acceptors (Lipinski definition) is 4. The zero-order valence-corrected chi connectivity index (χ0v) is 11.4.